The largest absolute Gasteiger partial charge is 0.462 e. The molecule has 0 saturated carbocycles. The van der Waals surface area contributed by atoms with Gasteiger partial charge in [0.1, 0.15) is 31.0 Å². The minimum Gasteiger partial charge on any atom is -0.462 e. The van der Waals surface area contributed by atoms with Gasteiger partial charge in [-0.3, -0.25) is 9.59 Å². The van der Waals surface area contributed by atoms with Crippen molar-refractivity contribution in [2.75, 3.05) is 19.8 Å². The van der Waals surface area contributed by atoms with Gasteiger partial charge in [0, 0.05) is 12.8 Å². The minimum atomic E-state index is -1.59. The number of carbonyl (C=O) groups excluding carboxylic acids is 2. The van der Waals surface area contributed by atoms with Crippen LogP contribution in [0.5, 0.6) is 0 Å². The van der Waals surface area contributed by atoms with Crippen LogP contribution >= 0.6 is 0 Å². The van der Waals surface area contributed by atoms with Crippen molar-refractivity contribution in [1.29, 1.82) is 0 Å². The molecule has 10 nitrogen and oxygen atoms in total. The first kappa shape index (κ1) is 52.7. The summed E-state index contributed by atoms with van der Waals surface area (Å²) in [6.45, 7) is 3.42. The lowest BCUT2D eigenvalue weighted by molar-refractivity contribution is -0.305. The molecule has 1 saturated heterocycles. The normalized spacial score (nSPS) is 20.3. The highest BCUT2D eigenvalue weighted by Gasteiger charge is 2.44. The Labute approximate surface area is 342 Å². The number of carbonyl (C=O) groups is 2. The Morgan fingerprint density at radius 3 is 1.21 bits per heavy atom. The molecule has 2 unspecified atom stereocenters. The van der Waals surface area contributed by atoms with Gasteiger partial charge in [-0.15, -0.1) is 0 Å². The zero-order valence-electron chi connectivity index (χ0n) is 36.2. The first-order valence-electron chi connectivity index (χ1n) is 23.6. The summed E-state index contributed by atoms with van der Waals surface area (Å²) >= 11 is 0. The summed E-state index contributed by atoms with van der Waals surface area (Å²) in [7, 11) is 0. The fourth-order valence-corrected chi connectivity index (χ4v) is 7.48. The van der Waals surface area contributed by atoms with Crippen molar-refractivity contribution < 1.29 is 49.0 Å². The van der Waals surface area contributed by atoms with Crippen molar-refractivity contribution in [2.24, 2.45) is 0 Å². The van der Waals surface area contributed by atoms with E-state index in [4.69, 9.17) is 18.9 Å². The number of hydrogen-bond donors (Lipinski definition) is 4. The Bertz CT molecular complexity index is 886. The zero-order chi connectivity index (χ0) is 40.9. The summed E-state index contributed by atoms with van der Waals surface area (Å²) in [5, 5.41) is 40.0. The predicted octanol–water partition coefficient (Wildman–Crippen LogP) is 10.2. The second-order valence-corrected chi connectivity index (χ2v) is 16.6. The summed E-state index contributed by atoms with van der Waals surface area (Å²) in [5.41, 5.74) is 0. The molecule has 0 bridgehead atoms. The average Bonchev–Trinajstić information content (AvgIpc) is 3.19. The van der Waals surface area contributed by atoms with Crippen LogP contribution in [-0.4, -0.2) is 89.0 Å². The smallest absolute Gasteiger partial charge is 0.306 e. The molecule has 1 rings (SSSR count). The van der Waals surface area contributed by atoms with Gasteiger partial charge in [-0.2, -0.15) is 0 Å². The minimum absolute atomic E-state index is 0.210. The molecule has 10 heteroatoms. The number of ether oxygens (including phenoxy) is 4. The molecule has 0 spiro atoms. The summed E-state index contributed by atoms with van der Waals surface area (Å²) in [5.74, 6) is -0.797. The van der Waals surface area contributed by atoms with Crippen molar-refractivity contribution in [3.05, 3.63) is 0 Å². The predicted molar refractivity (Wildman–Crippen MR) is 224 cm³/mol. The third-order valence-corrected chi connectivity index (χ3v) is 11.2. The van der Waals surface area contributed by atoms with E-state index in [-0.39, 0.29) is 32.0 Å². The molecule has 1 aliphatic heterocycles. The Morgan fingerprint density at radius 1 is 0.482 bits per heavy atom. The average molecular weight is 801 g/mol. The van der Waals surface area contributed by atoms with Crippen molar-refractivity contribution >= 4 is 11.9 Å². The lowest BCUT2D eigenvalue weighted by Gasteiger charge is -2.39. The Kier molecular flexibility index (Phi) is 35.7. The first-order chi connectivity index (χ1) is 27.3. The van der Waals surface area contributed by atoms with Crippen LogP contribution in [0.3, 0.4) is 0 Å². The van der Waals surface area contributed by atoms with E-state index < -0.39 is 49.4 Å². The van der Waals surface area contributed by atoms with E-state index in [0.717, 1.165) is 38.5 Å². The Morgan fingerprint density at radius 2 is 0.839 bits per heavy atom. The molecule has 0 aromatic heterocycles. The summed E-state index contributed by atoms with van der Waals surface area (Å²) in [6.07, 6.45) is 31.4. The van der Waals surface area contributed by atoms with Gasteiger partial charge in [0.15, 0.2) is 12.4 Å². The molecule has 0 aromatic rings. The lowest BCUT2D eigenvalue weighted by atomic mass is 9.99. The van der Waals surface area contributed by atoms with Crippen LogP contribution in [0, 0.1) is 0 Å². The van der Waals surface area contributed by atoms with Gasteiger partial charge in [0.05, 0.1) is 13.2 Å². The molecule has 0 radical (unpaired) electrons. The molecule has 0 amide bonds. The highest BCUT2D eigenvalue weighted by Crippen LogP contribution is 2.23. The lowest BCUT2D eigenvalue weighted by Crippen LogP contribution is -2.59. The van der Waals surface area contributed by atoms with Crippen molar-refractivity contribution in [3.8, 4) is 0 Å². The van der Waals surface area contributed by atoms with Crippen LogP contribution in [-0.2, 0) is 28.5 Å². The van der Waals surface area contributed by atoms with Gasteiger partial charge < -0.3 is 39.4 Å². The van der Waals surface area contributed by atoms with Gasteiger partial charge >= 0.3 is 11.9 Å². The Balaban J connectivity index is 2.19. The summed E-state index contributed by atoms with van der Waals surface area (Å²) in [4.78, 5) is 25.2. The van der Waals surface area contributed by atoms with Crippen LogP contribution in [0.4, 0.5) is 0 Å². The van der Waals surface area contributed by atoms with Crippen LogP contribution < -0.4 is 0 Å². The molecule has 1 fully saturated rings. The Hall–Kier alpha value is -1.30. The van der Waals surface area contributed by atoms with E-state index in [0.29, 0.717) is 6.42 Å². The number of rotatable bonds is 40. The molecule has 1 aliphatic rings. The summed E-state index contributed by atoms with van der Waals surface area (Å²) < 4.78 is 22.1. The highest BCUT2D eigenvalue weighted by molar-refractivity contribution is 5.70. The third kappa shape index (κ3) is 29.0. The van der Waals surface area contributed by atoms with Crippen LogP contribution in [0.15, 0.2) is 0 Å². The second kappa shape index (κ2) is 37.9. The van der Waals surface area contributed by atoms with Gasteiger partial charge in [0.2, 0.25) is 0 Å². The number of esters is 2. The van der Waals surface area contributed by atoms with E-state index in [9.17, 15) is 30.0 Å². The molecular weight excluding hydrogens is 712 g/mol. The van der Waals surface area contributed by atoms with Gasteiger partial charge in [-0.1, -0.05) is 200 Å². The van der Waals surface area contributed by atoms with Crippen molar-refractivity contribution in [2.45, 2.75) is 263 Å². The van der Waals surface area contributed by atoms with Gasteiger partial charge in [-0.25, -0.2) is 0 Å². The molecule has 332 valence electrons. The maximum Gasteiger partial charge on any atom is 0.306 e. The number of hydrogen-bond acceptors (Lipinski definition) is 10. The van der Waals surface area contributed by atoms with Gasteiger partial charge in [0.25, 0.3) is 0 Å². The SMILES string of the molecule is CCCCCCCCCCCCCCCCCCCCCCCCCC(=O)O[C@H](COC(=O)CCCCCCCCCC)CO[C@@H]1O[C@H](CO)[C@H](O)C(O)C1O. The van der Waals surface area contributed by atoms with Crippen molar-refractivity contribution in [1.82, 2.24) is 0 Å². The summed E-state index contributed by atoms with van der Waals surface area (Å²) in [6, 6.07) is 0. The molecule has 56 heavy (non-hydrogen) atoms. The van der Waals surface area contributed by atoms with Crippen molar-refractivity contribution in [3.63, 3.8) is 0 Å². The third-order valence-electron chi connectivity index (χ3n) is 11.2. The second-order valence-electron chi connectivity index (χ2n) is 16.6. The molecule has 1 heterocycles. The quantitative estimate of drug-likeness (QED) is 0.0348. The fraction of sp³-hybridized carbons (Fsp3) is 0.957. The topological polar surface area (TPSA) is 152 Å². The van der Waals surface area contributed by atoms with Crippen LogP contribution in [0.1, 0.15) is 226 Å². The maximum atomic E-state index is 12.8. The number of aliphatic hydroxyl groups excluding tert-OH is 4. The fourth-order valence-electron chi connectivity index (χ4n) is 7.48. The van der Waals surface area contributed by atoms with Crippen LogP contribution in [0.25, 0.3) is 0 Å². The maximum absolute atomic E-state index is 12.8. The monoisotopic (exact) mass is 801 g/mol. The molecule has 6 atom stereocenters. The zero-order valence-corrected chi connectivity index (χ0v) is 36.2. The molecule has 0 aromatic carbocycles. The van der Waals surface area contributed by atoms with E-state index in [2.05, 4.69) is 13.8 Å². The molecule has 4 N–H and O–H groups in total. The first-order valence-corrected chi connectivity index (χ1v) is 23.6. The van der Waals surface area contributed by atoms with E-state index >= 15 is 0 Å². The number of unbranched alkanes of at least 4 members (excludes halogenated alkanes) is 29. The number of aliphatic hydroxyl groups is 4. The van der Waals surface area contributed by atoms with E-state index in [1.807, 2.05) is 0 Å². The van der Waals surface area contributed by atoms with Crippen LogP contribution in [0.2, 0.25) is 0 Å². The van der Waals surface area contributed by atoms with Gasteiger partial charge in [-0.05, 0) is 12.8 Å². The molecule has 0 aliphatic carbocycles. The highest BCUT2D eigenvalue weighted by atomic mass is 16.7. The molecular formula is C46H88O10. The van der Waals surface area contributed by atoms with E-state index in [1.54, 1.807) is 0 Å². The standard InChI is InChI=1S/C46H88O10/c1-3-5-7-9-11-13-14-15-16-17-18-19-20-21-22-23-24-25-26-27-29-31-33-35-42(49)55-39(37-53-41(48)34-32-30-28-12-10-8-6-4-2)38-54-46-45(52)44(51)43(50)40(36-47)56-46/h39-40,43-47,50-52H,3-38H2,1-2H3/t39-,40-,43+,44?,45?,46-/m1/s1. The van der Waals surface area contributed by atoms with E-state index in [1.165, 1.54) is 154 Å².